The van der Waals surface area contributed by atoms with E-state index >= 15 is 0 Å². The Bertz CT molecular complexity index is 936. The number of rotatable bonds is 5. The molecule has 1 saturated carbocycles. The number of thiophene rings is 1. The standard InChI is InChI=1S/C14H19N3O.C7H10FNOS2/c1-2-10-12(8-6-7-8)13(17-14(15)18)9-4-3-5-11(9)16-10;1-7(2,10)5-3-4(8)6(11-5)12-9/h8H,2-7H2,1H3,(H3,15,16,17,18);3,10H,9H2,1-2H3. The zero-order chi connectivity index (χ0) is 22.1. The number of pyridine rings is 1. The van der Waals surface area contributed by atoms with E-state index < -0.39 is 11.6 Å². The predicted molar refractivity (Wildman–Crippen MR) is 120 cm³/mol. The van der Waals surface area contributed by atoms with Crippen LogP contribution in [0.4, 0.5) is 14.9 Å². The molecule has 0 saturated heterocycles. The van der Waals surface area contributed by atoms with Crippen molar-refractivity contribution in [2.45, 2.75) is 75.0 Å². The minimum absolute atomic E-state index is 0.357. The smallest absolute Gasteiger partial charge is 0.316 e. The molecule has 0 aliphatic heterocycles. The van der Waals surface area contributed by atoms with Crippen molar-refractivity contribution in [2.75, 3.05) is 5.32 Å². The number of hydrogen-bond donors (Lipinski definition) is 4. The molecule has 2 heterocycles. The van der Waals surface area contributed by atoms with Crippen molar-refractivity contribution in [3.05, 3.63) is 39.3 Å². The molecule has 2 aromatic heterocycles. The fourth-order valence-electron chi connectivity index (χ4n) is 3.73. The van der Waals surface area contributed by atoms with E-state index in [2.05, 4.69) is 12.2 Å². The lowest BCUT2D eigenvalue weighted by Crippen LogP contribution is -2.22. The first-order chi connectivity index (χ1) is 14.2. The normalized spacial score (nSPS) is 15.4. The Kier molecular flexibility index (Phi) is 7.06. The number of nitrogens with two attached hydrogens (primary N) is 2. The first kappa shape index (κ1) is 23.0. The molecule has 30 heavy (non-hydrogen) atoms. The number of nitrogens with zero attached hydrogens (tertiary/aromatic N) is 1. The molecule has 0 radical (unpaired) electrons. The Labute approximate surface area is 184 Å². The number of fused-ring (bicyclic) bond motifs is 1. The number of primary amides is 1. The third-order valence-corrected chi connectivity index (χ3v) is 7.44. The number of halogens is 1. The highest BCUT2D eigenvalue weighted by atomic mass is 32.2. The van der Waals surface area contributed by atoms with Crippen LogP contribution in [0.2, 0.25) is 0 Å². The molecule has 0 unspecified atom stereocenters. The molecule has 0 atom stereocenters. The zero-order valence-corrected chi connectivity index (χ0v) is 19.2. The van der Waals surface area contributed by atoms with Crippen LogP contribution in [0.1, 0.15) is 73.3 Å². The summed E-state index contributed by atoms with van der Waals surface area (Å²) in [6.07, 6.45) is 6.52. The number of urea groups is 1. The van der Waals surface area contributed by atoms with Crippen LogP contribution in [0.25, 0.3) is 0 Å². The van der Waals surface area contributed by atoms with Crippen LogP contribution >= 0.6 is 23.3 Å². The first-order valence-corrected chi connectivity index (χ1v) is 11.8. The van der Waals surface area contributed by atoms with Gasteiger partial charge in [0, 0.05) is 21.8 Å². The number of aliphatic hydroxyl groups is 1. The quantitative estimate of drug-likeness (QED) is 0.496. The molecule has 164 valence electrons. The van der Waals surface area contributed by atoms with Crippen molar-refractivity contribution in [3.8, 4) is 0 Å². The van der Waals surface area contributed by atoms with Crippen LogP contribution in [-0.2, 0) is 24.9 Å². The average molecular weight is 453 g/mol. The third-order valence-electron chi connectivity index (χ3n) is 5.27. The second-order valence-corrected chi connectivity index (χ2v) is 10.1. The lowest BCUT2D eigenvalue weighted by Gasteiger charge is -2.17. The number of nitrogens with one attached hydrogen (secondary N) is 1. The molecule has 1 fully saturated rings. The number of anilines is 1. The van der Waals surface area contributed by atoms with E-state index in [0.29, 0.717) is 15.0 Å². The molecule has 6 N–H and O–H groups in total. The molecule has 2 aliphatic carbocycles. The summed E-state index contributed by atoms with van der Waals surface area (Å²) in [5, 5.41) is 17.6. The van der Waals surface area contributed by atoms with Gasteiger partial charge in [-0.2, -0.15) is 0 Å². The van der Waals surface area contributed by atoms with Crippen LogP contribution < -0.4 is 16.2 Å². The van der Waals surface area contributed by atoms with Crippen LogP contribution in [-0.4, -0.2) is 16.1 Å². The van der Waals surface area contributed by atoms with Crippen molar-refractivity contribution in [1.82, 2.24) is 4.98 Å². The number of aromatic nitrogens is 1. The molecule has 0 aromatic carbocycles. The van der Waals surface area contributed by atoms with Gasteiger partial charge in [-0.3, -0.25) is 10.1 Å². The van der Waals surface area contributed by atoms with Gasteiger partial charge in [0.1, 0.15) is 10.0 Å². The van der Waals surface area contributed by atoms with E-state index in [4.69, 9.17) is 15.9 Å². The van der Waals surface area contributed by atoms with Gasteiger partial charge in [0.05, 0.1) is 11.3 Å². The Morgan fingerprint density at radius 2 is 2.13 bits per heavy atom. The van der Waals surface area contributed by atoms with Crippen molar-refractivity contribution >= 4 is 35.0 Å². The Morgan fingerprint density at radius 1 is 1.43 bits per heavy atom. The van der Waals surface area contributed by atoms with Crippen LogP contribution in [0.5, 0.6) is 0 Å². The fraction of sp³-hybridized carbons (Fsp3) is 0.524. The van der Waals surface area contributed by atoms with E-state index in [1.165, 1.54) is 47.1 Å². The monoisotopic (exact) mass is 452 g/mol. The maximum Gasteiger partial charge on any atom is 0.316 e. The van der Waals surface area contributed by atoms with E-state index in [0.717, 1.165) is 49.0 Å². The number of carbonyl (C=O) groups excluding carboxylic acids is 1. The number of hydrogen-bond acceptors (Lipinski definition) is 6. The number of amides is 2. The van der Waals surface area contributed by atoms with Gasteiger partial charge in [0.25, 0.3) is 0 Å². The molecule has 2 amide bonds. The minimum atomic E-state index is -0.987. The molecule has 9 heteroatoms. The maximum atomic E-state index is 12.9. The molecular weight excluding hydrogens is 423 g/mol. The summed E-state index contributed by atoms with van der Waals surface area (Å²) in [7, 11) is 0. The lowest BCUT2D eigenvalue weighted by atomic mass is 9.99. The van der Waals surface area contributed by atoms with E-state index in [1.807, 2.05) is 0 Å². The summed E-state index contributed by atoms with van der Waals surface area (Å²) in [6, 6.07) is 0.860. The maximum absolute atomic E-state index is 12.9. The van der Waals surface area contributed by atoms with E-state index in [-0.39, 0.29) is 5.82 Å². The summed E-state index contributed by atoms with van der Waals surface area (Å²) < 4.78 is 13.3. The summed E-state index contributed by atoms with van der Waals surface area (Å²) in [6.45, 7) is 5.36. The van der Waals surface area contributed by atoms with Gasteiger partial charge in [0.2, 0.25) is 0 Å². The SMILES string of the molecule is CC(C)(O)c1cc(F)c(SN)s1.CCc1nc2c(c(NC(N)=O)c1C1CC1)CCC2. The highest BCUT2D eigenvalue weighted by Gasteiger charge is 2.33. The minimum Gasteiger partial charge on any atom is -0.385 e. The van der Waals surface area contributed by atoms with Crippen molar-refractivity contribution < 1.29 is 14.3 Å². The van der Waals surface area contributed by atoms with E-state index in [1.54, 1.807) is 13.8 Å². The summed E-state index contributed by atoms with van der Waals surface area (Å²) in [5.74, 6) is 0.227. The van der Waals surface area contributed by atoms with Crippen molar-refractivity contribution in [2.24, 2.45) is 10.9 Å². The van der Waals surface area contributed by atoms with Gasteiger partial charge in [-0.25, -0.2) is 9.18 Å². The largest absolute Gasteiger partial charge is 0.385 e. The molecule has 0 spiro atoms. The predicted octanol–water partition coefficient (Wildman–Crippen LogP) is 4.58. The van der Waals surface area contributed by atoms with Gasteiger partial charge < -0.3 is 16.2 Å². The number of carbonyl (C=O) groups is 1. The topological polar surface area (TPSA) is 114 Å². The Hall–Kier alpha value is -1.68. The third kappa shape index (κ3) is 5.14. The zero-order valence-electron chi connectivity index (χ0n) is 17.5. The first-order valence-electron chi connectivity index (χ1n) is 10.2. The van der Waals surface area contributed by atoms with Gasteiger partial charge in [-0.15, -0.1) is 11.3 Å². The van der Waals surface area contributed by atoms with Gasteiger partial charge in [-0.05, 0) is 81.9 Å². The van der Waals surface area contributed by atoms with Crippen LogP contribution in [0, 0.1) is 5.82 Å². The molecule has 4 rings (SSSR count). The molecule has 2 aromatic rings. The van der Waals surface area contributed by atoms with Gasteiger partial charge >= 0.3 is 6.03 Å². The molecule has 6 nitrogen and oxygen atoms in total. The average Bonchev–Trinajstić information content (AvgIpc) is 3.25. The highest BCUT2D eigenvalue weighted by molar-refractivity contribution is 7.99. The number of aryl methyl sites for hydroxylation is 2. The molecule has 0 bridgehead atoms. The van der Waals surface area contributed by atoms with Gasteiger partial charge in [0.15, 0.2) is 0 Å². The molecule has 2 aliphatic rings. The van der Waals surface area contributed by atoms with E-state index in [9.17, 15) is 14.3 Å². The Balaban J connectivity index is 0.000000187. The highest BCUT2D eigenvalue weighted by Crippen LogP contribution is 2.47. The summed E-state index contributed by atoms with van der Waals surface area (Å²) >= 11 is 2.04. The van der Waals surface area contributed by atoms with Gasteiger partial charge in [-0.1, -0.05) is 6.92 Å². The van der Waals surface area contributed by atoms with Crippen LogP contribution in [0.15, 0.2) is 10.3 Å². The van der Waals surface area contributed by atoms with Crippen molar-refractivity contribution in [1.29, 1.82) is 0 Å². The lowest BCUT2D eigenvalue weighted by molar-refractivity contribution is 0.0823. The fourth-order valence-corrected chi connectivity index (χ4v) is 5.13. The second-order valence-electron chi connectivity index (χ2n) is 8.17. The van der Waals surface area contributed by atoms with Crippen molar-refractivity contribution in [3.63, 3.8) is 0 Å². The van der Waals surface area contributed by atoms with Crippen LogP contribution in [0.3, 0.4) is 0 Å². The summed E-state index contributed by atoms with van der Waals surface area (Å²) in [4.78, 5) is 16.7. The molecular formula is C21H29FN4O2S2. The summed E-state index contributed by atoms with van der Waals surface area (Å²) in [5.41, 5.74) is 10.1. The Morgan fingerprint density at radius 3 is 2.60 bits per heavy atom. The second kappa shape index (κ2) is 9.21.